The van der Waals surface area contributed by atoms with E-state index >= 15 is 0 Å². The number of nitrogens with two attached hydrogens (primary N) is 3. The van der Waals surface area contributed by atoms with E-state index < -0.39 is 0 Å². The van der Waals surface area contributed by atoms with E-state index in [4.69, 9.17) is 17.2 Å². The smallest absolute Gasteiger partial charge is 0.145 e. The first-order chi connectivity index (χ1) is 7.58. The largest absolute Gasteiger partial charge is 0.399 e. The fourth-order valence-electron chi connectivity index (χ4n) is 1.38. The molecule has 84 valence electrons. The minimum Gasteiger partial charge on any atom is -0.399 e. The summed E-state index contributed by atoms with van der Waals surface area (Å²) < 4.78 is 1.58. The van der Waals surface area contributed by atoms with Crippen molar-refractivity contribution in [3.63, 3.8) is 0 Å². The number of hydrogen-bond acceptors (Lipinski definition) is 5. The third-order valence-corrected chi connectivity index (χ3v) is 2.33. The zero-order valence-corrected chi connectivity index (χ0v) is 8.94. The standard InChI is InChI=1S/C10H14N6/c1-16-10(13)9(5-14-16)15-8-3-2-6(11)4-7(8)12/h2-5,15H,11-13H2,1H3. The molecule has 2 aromatic rings. The molecule has 1 aromatic heterocycles. The van der Waals surface area contributed by atoms with Crippen LogP contribution in [0.1, 0.15) is 0 Å². The number of rotatable bonds is 2. The molecular weight excluding hydrogens is 204 g/mol. The lowest BCUT2D eigenvalue weighted by Crippen LogP contribution is -2.01. The molecule has 0 aliphatic heterocycles. The molecule has 0 amide bonds. The summed E-state index contributed by atoms with van der Waals surface area (Å²) in [5, 5.41) is 7.12. The molecular formula is C10H14N6. The van der Waals surface area contributed by atoms with Gasteiger partial charge >= 0.3 is 0 Å². The van der Waals surface area contributed by atoms with Gasteiger partial charge in [0, 0.05) is 12.7 Å². The molecule has 6 nitrogen and oxygen atoms in total. The second-order valence-electron chi connectivity index (χ2n) is 3.54. The molecule has 0 fully saturated rings. The summed E-state index contributed by atoms with van der Waals surface area (Å²) >= 11 is 0. The maximum Gasteiger partial charge on any atom is 0.145 e. The van der Waals surface area contributed by atoms with Gasteiger partial charge in [0.05, 0.1) is 17.6 Å². The Morgan fingerprint density at radius 3 is 2.50 bits per heavy atom. The van der Waals surface area contributed by atoms with Crippen LogP contribution < -0.4 is 22.5 Å². The van der Waals surface area contributed by atoms with Gasteiger partial charge in [-0.25, -0.2) is 0 Å². The highest BCUT2D eigenvalue weighted by molar-refractivity contribution is 5.78. The number of anilines is 5. The van der Waals surface area contributed by atoms with Crippen LogP contribution in [0.2, 0.25) is 0 Å². The van der Waals surface area contributed by atoms with E-state index in [0.717, 1.165) is 11.4 Å². The molecule has 16 heavy (non-hydrogen) atoms. The fourth-order valence-corrected chi connectivity index (χ4v) is 1.38. The third kappa shape index (κ3) is 1.72. The fraction of sp³-hybridized carbons (Fsp3) is 0.100. The Balaban J connectivity index is 2.30. The summed E-state index contributed by atoms with van der Waals surface area (Å²) in [6.07, 6.45) is 1.64. The molecule has 7 N–H and O–H groups in total. The van der Waals surface area contributed by atoms with Crippen molar-refractivity contribution >= 4 is 28.6 Å². The molecule has 0 aliphatic carbocycles. The van der Waals surface area contributed by atoms with Gasteiger partial charge in [-0.3, -0.25) is 4.68 Å². The van der Waals surface area contributed by atoms with Gasteiger partial charge in [0.1, 0.15) is 11.5 Å². The lowest BCUT2D eigenvalue weighted by molar-refractivity contribution is 0.779. The first kappa shape index (κ1) is 10.2. The minimum atomic E-state index is 0.552. The van der Waals surface area contributed by atoms with Crippen LogP contribution in [0.5, 0.6) is 0 Å². The Kier molecular flexibility index (Phi) is 2.32. The Bertz CT molecular complexity index is 516. The van der Waals surface area contributed by atoms with Crippen molar-refractivity contribution in [1.82, 2.24) is 9.78 Å². The van der Waals surface area contributed by atoms with Crippen LogP contribution in [0.25, 0.3) is 0 Å². The molecule has 0 radical (unpaired) electrons. The summed E-state index contributed by atoms with van der Waals surface area (Å²) in [6, 6.07) is 5.26. The molecule has 1 heterocycles. The minimum absolute atomic E-state index is 0.552. The number of nitrogens with zero attached hydrogens (tertiary/aromatic N) is 2. The van der Waals surface area contributed by atoms with E-state index in [1.807, 2.05) is 0 Å². The molecule has 0 saturated heterocycles. The van der Waals surface area contributed by atoms with Crippen molar-refractivity contribution < 1.29 is 0 Å². The molecule has 0 spiro atoms. The van der Waals surface area contributed by atoms with Gasteiger partial charge in [-0.15, -0.1) is 0 Å². The Morgan fingerprint density at radius 2 is 1.94 bits per heavy atom. The highest BCUT2D eigenvalue weighted by Gasteiger charge is 2.06. The Morgan fingerprint density at radius 1 is 1.19 bits per heavy atom. The lowest BCUT2D eigenvalue weighted by Gasteiger charge is -2.08. The van der Waals surface area contributed by atoms with Crippen LogP contribution in [0, 0.1) is 0 Å². The summed E-state index contributed by atoms with van der Waals surface area (Å²) in [5.74, 6) is 0.552. The number of nitrogens with one attached hydrogen (secondary N) is 1. The normalized spacial score (nSPS) is 10.3. The number of aromatic nitrogens is 2. The number of aryl methyl sites for hydroxylation is 1. The second-order valence-corrected chi connectivity index (χ2v) is 3.54. The molecule has 0 saturated carbocycles. The SMILES string of the molecule is Cn1ncc(Nc2ccc(N)cc2N)c1N. The van der Waals surface area contributed by atoms with Crippen LogP contribution in [0.15, 0.2) is 24.4 Å². The van der Waals surface area contributed by atoms with Crippen molar-refractivity contribution in [1.29, 1.82) is 0 Å². The predicted octanol–water partition coefficient (Wildman–Crippen LogP) is 0.910. The van der Waals surface area contributed by atoms with Crippen LogP contribution >= 0.6 is 0 Å². The van der Waals surface area contributed by atoms with E-state index in [1.165, 1.54) is 0 Å². The molecule has 2 rings (SSSR count). The van der Waals surface area contributed by atoms with Gasteiger partial charge < -0.3 is 22.5 Å². The first-order valence-corrected chi connectivity index (χ1v) is 4.77. The quantitative estimate of drug-likeness (QED) is 0.560. The van der Waals surface area contributed by atoms with Crippen LogP contribution in [0.4, 0.5) is 28.6 Å². The summed E-state index contributed by atoms with van der Waals surface area (Å²) in [6.45, 7) is 0. The summed E-state index contributed by atoms with van der Waals surface area (Å²) in [4.78, 5) is 0. The van der Waals surface area contributed by atoms with E-state index in [0.29, 0.717) is 17.2 Å². The maximum atomic E-state index is 5.82. The average molecular weight is 218 g/mol. The molecule has 1 aromatic carbocycles. The molecule has 0 aliphatic rings. The zero-order valence-electron chi connectivity index (χ0n) is 8.94. The van der Waals surface area contributed by atoms with Gasteiger partial charge in [-0.1, -0.05) is 0 Å². The zero-order chi connectivity index (χ0) is 11.7. The van der Waals surface area contributed by atoms with Crippen molar-refractivity contribution in [3.05, 3.63) is 24.4 Å². The van der Waals surface area contributed by atoms with Gasteiger partial charge in [-0.05, 0) is 18.2 Å². The van der Waals surface area contributed by atoms with Gasteiger partial charge in [0.2, 0.25) is 0 Å². The van der Waals surface area contributed by atoms with Crippen LogP contribution in [-0.4, -0.2) is 9.78 Å². The van der Waals surface area contributed by atoms with Crippen LogP contribution in [0.3, 0.4) is 0 Å². The Hall–Kier alpha value is -2.37. The van der Waals surface area contributed by atoms with Crippen molar-refractivity contribution in [2.45, 2.75) is 0 Å². The molecule has 0 atom stereocenters. The highest BCUT2D eigenvalue weighted by Crippen LogP contribution is 2.27. The number of hydrogen-bond donors (Lipinski definition) is 4. The van der Waals surface area contributed by atoms with E-state index in [9.17, 15) is 0 Å². The van der Waals surface area contributed by atoms with E-state index in [-0.39, 0.29) is 0 Å². The topological polar surface area (TPSA) is 108 Å². The molecule has 0 unspecified atom stereocenters. The highest BCUT2D eigenvalue weighted by atomic mass is 15.3. The van der Waals surface area contributed by atoms with Crippen molar-refractivity contribution in [2.75, 3.05) is 22.5 Å². The third-order valence-electron chi connectivity index (χ3n) is 2.33. The first-order valence-electron chi connectivity index (χ1n) is 4.77. The van der Waals surface area contributed by atoms with Gasteiger partial charge in [-0.2, -0.15) is 5.10 Å². The average Bonchev–Trinajstić information content (AvgIpc) is 2.54. The summed E-state index contributed by atoms with van der Waals surface area (Å²) in [5.41, 5.74) is 19.9. The Labute approximate surface area is 93.0 Å². The maximum absolute atomic E-state index is 5.82. The summed E-state index contributed by atoms with van der Waals surface area (Å²) in [7, 11) is 1.77. The molecule has 6 heteroatoms. The van der Waals surface area contributed by atoms with Crippen molar-refractivity contribution in [2.24, 2.45) is 7.05 Å². The van der Waals surface area contributed by atoms with Gasteiger partial charge in [0.15, 0.2) is 0 Å². The van der Waals surface area contributed by atoms with Gasteiger partial charge in [0.25, 0.3) is 0 Å². The lowest BCUT2D eigenvalue weighted by atomic mass is 10.2. The van der Waals surface area contributed by atoms with Crippen LogP contribution in [-0.2, 0) is 7.05 Å². The predicted molar refractivity (Wildman–Crippen MR) is 66.2 cm³/mol. The van der Waals surface area contributed by atoms with E-state index in [2.05, 4.69) is 10.4 Å². The molecule has 0 bridgehead atoms. The van der Waals surface area contributed by atoms with Crippen molar-refractivity contribution in [3.8, 4) is 0 Å². The number of benzene rings is 1. The van der Waals surface area contributed by atoms with E-state index in [1.54, 1.807) is 36.1 Å². The second kappa shape index (κ2) is 3.65. The monoisotopic (exact) mass is 218 g/mol. The number of nitrogen functional groups attached to an aromatic ring is 3.